The molecule has 102 valence electrons. The lowest BCUT2D eigenvalue weighted by Gasteiger charge is -2.20. The third-order valence-electron chi connectivity index (χ3n) is 2.72. The molecule has 0 saturated heterocycles. The van der Waals surface area contributed by atoms with Crippen LogP contribution < -0.4 is 9.64 Å². The fourth-order valence-electron chi connectivity index (χ4n) is 1.82. The molecular weight excluding hydrogens is 258 g/mol. The van der Waals surface area contributed by atoms with Gasteiger partial charge in [-0.15, -0.1) is 4.91 Å². The third-order valence-corrected chi connectivity index (χ3v) is 2.72. The SMILES string of the molecule is COc1ccc(N(C(C)=O)c2ncccc2N=O)cc1. The Kier molecular flexibility index (Phi) is 4.05. The molecule has 20 heavy (non-hydrogen) atoms. The lowest BCUT2D eigenvalue weighted by atomic mass is 10.2. The topological polar surface area (TPSA) is 71.9 Å². The van der Waals surface area contributed by atoms with Gasteiger partial charge in [0.15, 0.2) is 11.5 Å². The largest absolute Gasteiger partial charge is 0.497 e. The summed E-state index contributed by atoms with van der Waals surface area (Å²) in [5.74, 6) is 0.617. The first-order valence-corrected chi connectivity index (χ1v) is 5.90. The Labute approximate surface area is 116 Å². The van der Waals surface area contributed by atoms with Crippen LogP contribution in [0, 0.1) is 4.91 Å². The highest BCUT2D eigenvalue weighted by atomic mass is 16.5. The Morgan fingerprint density at radius 2 is 1.95 bits per heavy atom. The minimum Gasteiger partial charge on any atom is -0.497 e. The van der Waals surface area contributed by atoms with Crippen LogP contribution in [0.5, 0.6) is 5.75 Å². The number of rotatable bonds is 4. The first-order valence-electron chi connectivity index (χ1n) is 5.90. The number of pyridine rings is 1. The molecule has 0 spiro atoms. The number of ether oxygens (including phenoxy) is 1. The minimum absolute atomic E-state index is 0.110. The van der Waals surface area contributed by atoms with E-state index in [1.165, 1.54) is 24.1 Å². The highest BCUT2D eigenvalue weighted by Gasteiger charge is 2.19. The fraction of sp³-hybridized carbons (Fsp3) is 0.143. The van der Waals surface area contributed by atoms with Crippen molar-refractivity contribution in [3.05, 3.63) is 47.5 Å². The normalized spacial score (nSPS) is 9.90. The summed E-state index contributed by atoms with van der Waals surface area (Å²) >= 11 is 0. The summed E-state index contributed by atoms with van der Waals surface area (Å²) in [5.41, 5.74) is 0.695. The number of hydrogen-bond donors (Lipinski definition) is 0. The maximum Gasteiger partial charge on any atom is 0.229 e. The minimum atomic E-state index is -0.265. The van der Waals surface area contributed by atoms with E-state index >= 15 is 0 Å². The highest BCUT2D eigenvalue weighted by Crippen LogP contribution is 2.32. The quantitative estimate of drug-likeness (QED) is 0.800. The molecule has 1 aromatic heterocycles. The Morgan fingerprint density at radius 3 is 2.50 bits per heavy atom. The van der Waals surface area contributed by atoms with Crippen LogP contribution in [0.2, 0.25) is 0 Å². The summed E-state index contributed by atoms with van der Waals surface area (Å²) in [4.78, 5) is 28.1. The van der Waals surface area contributed by atoms with Gasteiger partial charge in [-0.2, -0.15) is 0 Å². The maximum absolute atomic E-state index is 11.9. The molecule has 0 N–H and O–H groups in total. The number of nitrogens with zero attached hydrogens (tertiary/aromatic N) is 3. The van der Waals surface area contributed by atoms with Crippen molar-refractivity contribution in [2.75, 3.05) is 12.0 Å². The molecule has 0 atom stereocenters. The number of anilines is 2. The summed E-state index contributed by atoms with van der Waals surface area (Å²) in [6.45, 7) is 1.40. The molecule has 0 aliphatic carbocycles. The smallest absolute Gasteiger partial charge is 0.229 e. The van der Waals surface area contributed by atoms with Gasteiger partial charge in [0.25, 0.3) is 0 Å². The Bertz CT molecular complexity index is 626. The summed E-state index contributed by atoms with van der Waals surface area (Å²) in [6.07, 6.45) is 1.50. The van der Waals surface area contributed by atoms with Crippen LogP contribution in [0.15, 0.2) is 47.8 Å². The first kappa shape index (κ1) is 13.7. The summed E-state index contributed by atoms with van der Waals surface area (Å²) in [6, 6.07) is 9.97. The predicted molar refractivity (Wildman–Crippen MR) is 75.5 cm³/mol. The second kappa shape index (κ2) is 5.92. The van der Waals surface area contributed by atoms with Gasteiger partial charge in [0, 0.05) is 13.1 Å². The number of amides is 1. The summed E-state index contributed by atoms with van der Waals surface area (Å²) in [7, 11) is 1.56. The van der Waals surface area contributed by atoms with Gasteiger partial charge < -0.3 is 4.74 Å². The molecule has 1 aromatic carbocycles. The number of hydrogen-bond acceptors (Lipinski definition) is 5. The van der Waals surface area contributed by atoms with E-state index in [0.717, 1.165) is 0 Å². The second-order valence-corrected chi connectivity index (χ2v) is 3.99. The molecule has 2 aromatic rings. The maximum atomic E-state index is 11.9. The van der Waals surface area contributed by atoms with Crippen molar-refractivity contribution >= 4 is 23.1 Å². The van der Waals surface area contributed by atoms with E-state index in [4.69, 9.17) is 4.74 Å². The van der Waals surface area contributed by atoms with Crippen LogP contribution >= 0.6 is 0 Å². The molecule has 2 rings (SSSR count). The molecule has 1 amide bonds. The van der Waals surface area contributed by atoms with Crippen molar-refractivity contribution in [2.24, 2.45) is 5.18 Å². The number of carbonyl (C=O) groups is 1. The summed E-state index contributed by atoms with van der Waals surface area (Å²) in [5, 5.41) is 2.90. The number of aromatic nitrogens is 1. The molecule has 0 bridgehead atoms. The van der Waals surface area contributed by atoms with Crippen LogP contribution in [-0.4, -0.2) is 18.0 Å². The van der Waals surface area contributed by atoms with E-state index in [0.29, 0.717) is 11.4 Å². The molecule has 0 fully saturated rings. The van der Waals surface area contributed by atoms with Crippen LogP contribution in [0.1, 0.15) is 6.92 Å². The van der Waals surface area contributed by atoms with Gasteiger partial charge in [0.2, 0.25) is 5.91 Å². The van der Waals surface area contributed by atoms with E-state index in [9.17, 15) is 9.70 Å². The van der Waals surface area contributed by atoms with Crippen molar-refractivity contribution in [3.8, 4) is 5.75 Å². The number of nitroso groups, excluding NO2 is 1. The van der Waals surface area contributed by atoms with Gasteiger partial charge in [-0.05, 0) is 41.6 Å². The molecule has 0 aliphatic heterocycles. The van der Waals surface area contributed by atoms with Crippen LogP contribution in [0.3, 0.4) is 0 Å². The fourth-order valence-corrected chi connectivity index (χ4v) is 1.82. The Hall–Kier alpha value is -2.76. The number of benzene rings is 1. The zero-order chi connectivity index (χ0) is 14.5. The van der Waals surface area contributed by atoms with Gasteiger partial charge in [-0.25, -0.2) is 4.98 Å². The van der Waals surface area contributed by atoms with Crippen LogP contribution in [0.4, 0.5) is 17.2 Å². The van der Waals surface area contributed by atoms with Gasteiger partial charge in [-0.1, -0.05) is 0 Å². The van der Waals surface area contributed by atoms with Crippen molar-refractivity contribution < 1.29 is 9.53 Å². The molecule has 0 unspecified atom stereocenters. The molecular formula is C14H13N3O3. The zero-order valence-electron chi connectivity index (χ0n) is 11.1. The molecule has 6 heteroatoms. The van der Waals surface area contributed by atoms with E-state index < -0.39 is 0 Å². The summed E-state index contributed by atoms with van der Waals surface area (Å²) < 4.78 is 5.07. The first-order chi connectivity index (χ1) is 9.67. The van der Waals surface area contributed by atoms with Gasteiger partial charge in [0.05, 0.1) is 12.8 Å². The number of carbonyl (C=O) groups excluding carboxylic acids is 1. The van der Waals surface area contributed by atoms with Crippen molar-refractivity contribution in [1.29, 1.82) is 0 Å². The third kappa shape index (κ3) is 2.64. The van der Waals surface area contributed by atoms with E-state index in [1.54, 1.807) is 37.4 Å². The predicted octanol–water partition coefficient (Wildman–Crippen LogP) is 3.17. The Balaban J connectivity index is 2.50. The zero-order valence-corrected chi connectivity index (χ0v) is 11.1. The van der Waals surface area contributed by atoms with Crippen molar-refractivity contribution in [2.45, 2.75) is 6.92 Å². The van der Waals surface area contributed by atoms with Crippen LogP contribution in [0.25, 0.3) is 0 Å². The molecule has 0 radical (unpaired) electrons. The standard InChI is InChI=1S/C14H13N3O3/c1-10(18)17(11-5-7-12(20-2)8-6-11)14-13(16-19)4-3-9-15-14/h3-9H,1-2H3. The number of methoxy groups -OCH3 is 1. The lowest BCUT2D eigenvalue weighted by molar-refractivity contribution is -0.115. The second-order valence-electron chi connectivity index (χ2n) is 3.99. The molecule has 6 nitrogen and oxygen atoms in total. The molecule has 1 heterocycles. The van der Waals surface area contributed by atoms with Gasteiger partial charge in [-0.3, -0.25) is 9.69 Å². The highest BCUT2D eigenvalue weighted by molar-refractivity contribution is 6.00. The van der Waals surface area contributed by atoms with Crippen molar-refractivity contribution in [1.82, 2.24) is 4.98 Å². The lowest BCUT2D eigenvalue weighted by Crippen LogP contribution is -2.23. The monoisotopic (exact) mass is 271 g/mol. The average Bonchev–Trinajstić information content (AvgIpc) is 2.48. The van der Waals surface area contributed by atoms with E-state index in [2.05, 4.69) is 10.2 Å². The Morgan fingerprint density at radius 1 is 1.25 bits per heavy atom. The average molecular weight is 271 g/mol. The van der Waals surface area contributed by atoms with E-state index in [1.807, 2.05) is 0 Å². The molecule has 0 aliphatic rings. The van der Waals surface area contributed by atoms with Crippen molar-refractivity contribution in [3.63, 3.8) is 0 Å². The van der Waals surface area contributed by atoms with E-state index in [-0.39, 0.29) is 17.4 Å². The molecule has 0 saturated carbocycles. The van der Waals surface area contributed by atoms with Crippen LogP contribution in [-0.2, 0) is 4.79 Å². The van der Waals surface area contributed by atoms with Gasteiger partial charge in [0.1, 0.15) is 5.75 Å². The van der Waals surface area contributed by atoms with Gasteiger partial charge >= 0.3 is 0 Å².